The van der Waals surface area contributed by atoms with Crippen molar-refractivity contribution in [1.29, 1.82) is 0 Å². The number of aryl methyl sites for hydroxylation is 1. The third kappa shape index (κ3) is 2.93. The van der Waals surface area contributed by atoms with Gasteiger partial charge in [-0.1, -0.05) is 6.07 Å². The SMILES string of the molecule is Cc1cc([N+](=O)[O-])ccc1CC(Cl)C(N)=O. The minimum atomic E-state index is -0.792. The smallest absolute Gasteiger partial charge is 0.269 e. The van der Waals surface area contributed by atoms with Gasteiger partial charge < -0.3 is 5.73 Å². The second kappa shape index (κ2) is 4.94. The van der Waals surface area contributed by atoms with Crippen molar-refractivity contribution in [3.05, 3.63) is 39.4 Å². The van der Waals surface area contributed by atoms with Gasteiger partial charge in [-0.25, -0.2) is 0 Å². The van der Waals surface area contributed by atoms with Gasteiger partial charge in [-0.15, -0.1) is 11.6 Å². The monoisotopic (exact) mass is 242 g/mol. The number of primary amides is 1. The Kier molecular flexibility index (Phi) is 3.84. The summed E-state index contributed by atoms with van der Waals surface area (Å²) in [5, 5.41) is 9.71. The van der Waals surface area contributed by atoms with Gasteiger partial charge >= 0.3 is 0 Å². The number of nitrogens with two attached hydrogens (primary N) is 1. The summed E-state index contributed by atoms with van der Waals surface area (Å²) in [6, 6.07) is 4.42. The number of non-ortho nitro benzene ring substituents is 1. The molecule has 0 fully saturated rings. The van der Waals surface area contributed by atoms with Crippen molar-refractivity contribution in [1.82, 2.24) is 0 Å². The van der Waals surface area contributed by atoms with E-state index in [9.17, 15) is 14.9 Å². The average molecular weight is 243 g/mol. The van der Waals surface area contributed by atoms with Gasteiger partial charge in [-0.3, -0.25) is 14.9 Å². The number of nitro benzene ring substituents is 1. The topological polar surface area (TPSA) is 86.2 Å². The third-order valence-corrected chi connectivity index (χ3v) is 2.61. The van der Waals surface area contributed by atoms with E-state index in [-0.39, 0.29) is 12.1 Å². The van der Waals surface area contributed by atoms with Crippen LogP contribution >= 0.6 is 11.6 Å². The summed E-state index contributed by atoms with van der Waals surface area (Å²) < 4.78 is 0. The van der Waals surface area contributed by atoms with Gasteiger partial charge in [-0.2, -0.15) is 0 Å². The highest BCUT2D eigenvalue weighted by Crippen LogP contribution is 2.19. The summed E-state index contributed by atoms with van der Waals surface area (Å²) in [6.07, 6.45) is 0.278. The van der Waals surface area contributed by atoms with Crippen LogP contribution in [0.25, 0.3) is 0 Å². The highest BCUT2D eigenvalue weighted by molar-refractivity contribution is 6.30. The minimum absolute atomic E-state index is 0.0199. The number of carbonyl (C=O) groups excluding carboxylic acids is 1. The molecule has 0 bridgehead atoms. The second-order valence-electron chi connectivity index (χ2n) is 3.44. The third-order valence-electron chi connectivity index (χ3n) is 2.24. The van der Waals surface area contributed by atoms with E-state index in [0.29, 0.717) is 0 Å². The van der Waals surface area contributed by atoms with Crippen molar-refractivity contribution >= 4 is 23.2 Å². The lowest BCUT2D eigenvalue weighted by Gasteiger charge is -2.08. The molecule has 16 heavy (non-hydrogen) atoms. The van der Waals surface area contributed by atoms with E-state index in [2.05, 4.69) is 0 Å². The number of benzene rings is 1. The summed E-state index contributed by atoms with van der Waals surface area (Å²) in [7, 11) is 0. The summed E-state index contributed by atoms with van der Waals surface area (Å²) in [4.78, 5) is 20.8. The van der Waals surface area contributed by atoms with Gasteiger partial charge in [0, 0.05) is 12.1 Å². The van der Waals surface area contributed by atoms with Crippen molar-refractivity contribution < 1.29 is 9.72 Å². The Labute approximate surface area is 97.3 Å². The van der Waals surface area contributed by atoms with Crippen LogP contribution in [-0.4, -0.2) is 16.2 Å². The standard InChI is InChI=1S/C10H11ClN2O3/c1-6-4-8(13(15)16)3-2-7(6)5-9(11)10(12)14/h2-4,9H,5H2,1H3,(H2,12,14). The number of carbonyl (C=O) groups is 1. The highest BCUT2D eigenvalue weighted by Gasteiger charge is 2.15. The number of amides is 1. The van der Waals surface area contributed by atoms with E-state index in [1.54, 1.807) is 13.0 Å². The largest absolute Gasteiger partial charge is 0.368 e. The number of nitro groups is 1. The molecular weight excluding hydrogens is 232 g/mol. The van der Waals surface area contributed by atoms with Crippen LogP contribution in [0.4, 0.5) is 5.69 Å². The fraction of sp³-hybridized carbons (Fsp3) is 0.300. The van der Waals surface area contributed by atoms with Gasteiger partial charge in [-0.05, 0) is 24.5 Å². The van der Waals surface area contributed by atoms with E-state index in [1.807, 2.05) is 0 Å². The summed E-state index contributed by atoms with van der Waals surface area (Å²) in [6.45, 7) is 1.73. The number of alkyl halides is 1. The maximum Gasteiger partial charge on any atom is 0.269 e. The van der Waals surface area contributed by atoms with Gasteiger partial charge in [0.2, 0.25) is 5.91 Å². The Hall–Kier alpha value is -1.62. The highest BCUT2D eigenvalue weighted by atomic mass is 35.5. The summed E-state index contributed by atoms with van der Waals surface area (Å²) in [5.74, 6) is -0.598. The summed E-state index contributed by atoms with van der Waals surface area (Å²) >= 11 is 5.72. The number of rotatable bonds is 4. The minimum Gasteiger partial charge on any atom is -0.368 e. The maximum atomic E-state index is 10.8. The Balaban J connectivity index is 2.91. The van der Waals surface area contributed by atoms with Crippen LogP contribution in [0.5, 0.6) is 0 Å². The zero-order valence-electron chi connectivity index (χ0n) is 8.64. The van der Waals surface area contributed by atoms with Crippen LogP contribution in [0, 0.1) is 17.0 Å². The normalized spacial score (nSPS) is 12.1. The predicted molar refractivity (Wildman–Crippen MR) is 60.4 cm³/mol. The first kappa shape index (κ1) is 12.4. The molecule has 0 heterocycles. The second-order valence-corrected chi connectivity index (χ2v) is 3.97. The maximum absolute atomic E-state index is 10.8. The Morgan fingerprint density at radius 2 is 2.25 bits per heavy atom. The molecule has 0 saturated heterocycles. The zero-order valence-corrected chi connectivity index (χ0v) is 9.40. The predicted octanol–water partition coefficient (Wildman–Crippen LogP) is 1.54. The molecule has 1 amide bonds. The number of hydrogen-bond donors (Lipinski definition) is 1. The molecule has 86 valence electrons. The molecule has 0 aliphatic rings. The number of hydrogen-bond acceptors (Lipinski definition) is 3. The fourth-order valence-electron chi connectivity index (χ4n) is 1.32. The van der Waals surface area contributed by atoms with Gasteiger partial charge in [0.1, 0.15) is 5.38 Å². The van der Waals surface area contributed by atoms with Crippen LogP contribution in [0.3, 0.4) is 0 Å². The van der Waals surface area contributed by atoms with E-state index in [1.165, 1.54) is 12.1 Å². The lowest BCUT2D eigenvalue weighted by Crippen LogP contribution is -2.25. The molecule has 0 aliphatic heterocycles. The molecule has 1 unspecified atom stereocenters. The van der Waals surface area contributed by atoms with Crippen molar-refractivity contribution in [2.24, 2.45) is 5.73 Å². The van der Waals surface area contributed by atoms with Crippen molar-refractivity contribution in [3.63, 3.8) is 0 Å². The Morgan fingerprint density at radius 3 is 2.69 bits per heavy atom. The molecule has 0 radical (unpaired) electrons. The molecule has 1 aromatic rings. The first-order valence-electron chi connectivity index (χ1n) is 4.59. The zero-order chi connectivity index (χ0) is 12.3. The van der Waals surface area contributed by atoms with E-state index >= 15 is 0 Å². The fourth-order valence-corrected chi connectivity index (χ4v) is 1.48. The van der Waals surface area contributed by atoms with E-state index in [0.717, 1.165) is 11.1 Å². The molecule has 0 saturated carbocycles. The first-order valence-corrected chi connectivity index (χ1v) is 5.02. The molecule has 0 aliphatic carbocycles. The van der Waals surface area contributed by atoms with Crippen molar-refractivity contribution in [2.75, 3.05) is 0 Å². The number of nitrogens with zero attached hydrogens (tertiary/aromatic N) is 1. The van der Waals surface area contributed by atoms with E-state index < -0.39 is 16.2 Å². The van der Waals surface area contributed by atoms with Crippen LogP contribution in [0.15, 0.2) is 18.2 Å². The Bertz CT molecular complexity index is 434. The van der Waals surface area contributed by atoms with Crippen LogP contribution < -0.4 is 5.73 Å². The van der Waals surface area contributed by atoms with Gasteiger partial charge in [0.15, 0.2) is 0 Å². The first-order chi connectivity index (χ1) is 7.41. The molecule has 1 atom stereocenters. The van der Waals surface area contributed by atoms with Crippen molar-refractivity contribution in [2.45, 2.75) is 18.7 Å². The lowest BCUT2D eigenvalue weighted by molar-refractivity contribution is -0.384. The molecule has 2 N–H and O–H groups in total. The van der Waals surface area contributed by atoms with Crippen LogP contribution in [0.2, 0.25) is 0 Å². The number of halogens is 1. The average Bonchev–Trinajstić information content (AvgIpc) is 2.20. The molecule has 6 heteroatoms. The van der Waals surface area contributed by atoms with Crippen LogP contribution in [0.1, 0.15) is 11.1 Å². The molecule has 1 rings (SSSR count). The molecule has 5 nitrogen and oxygen atoms in total. The van der Waals surface area contributed by atoms with Gasteiger partial charge in [0.05, 0.1) is 4.92 Å². The Morgan fingerprint density at radius 1 is 1.62 bits per heavy atom. The lowest BCUT2D eigenvalue weighted by atomic mass is 10.0. The molecular formula is C10H11ClN2O3. The molecule has 1 aromatic carbocycles. The van der Waals surface area contributed by atoms with Crippen molar-refractivity contribution in [3.8, 4) is 0 Å². The van der Waals surface area contributed by atoms with E-state index in [4.69, 9.17) is 17.3 Å². The molecule has 0 aromatic heterocycles. The molecule has 0 spiro atoms. The summed E-state index contributed by atoms with van der Waals surface area (Å²) in [5.41, 5.74) is 6.56. The quantitative estimate of drug-likeness (QED) is 0.494. The van der Waals surface area contributed by atoms with Crippen LogP contribution in [-0.2, 0) is 11.2 Å². The van der Waals surface area contributed by atoms with Gasteiger partial charge in [0.25, 0.3) is 5.69 Å².